The van der Waals surface area contributed by atoms with Gasteiger partial charge in [-0.25, -0.2) is 13.1 Å². The summed E-state index contributed by atoms with van der Waals surface area (Å²) in [5.41, 5.74) is 8.40. The zero-order valence-electron chi connectivity index (χ0n) is 10.9. The molecule has 0 amide bonds. The van der Waals surface area contributed by atoms with Crippen LogP contribution in [0.25, 0.3) is 0 Å². The van der Waals surface area contributed by atoms with E-state index in [0.717, 1.165) is 38.5 Å². The van der Waals surface area contributed by atoms with E-state index in [2.05, 4.69) is 4.72 Å². The molecule has 4 nitrogen and oxygen atoms in total. The largest absolute Gasteiger partial charge is 0.326 e. The van der Waals surface area contributed by atoms with E-state index in [1.54, 1.807) is 6.07 Å². The molecule has 3 rings (SSSR count). The van der Waals surface area contributed by atoms with Gasteiger partial charge in [-0.2, -0.15) is 0 Å². The number of fused-ring (bicyclic) bond motifs is 1. The van der Waals surface area contributed by atoms with Gasteiger partial charge in [-0.05, 0) is 55.4 Å². The first-order valence-electron chi connectivity index (χ1n) is 6.96. The SMILES string of the molecule is NC1CCCC1NS(=O)(=O)c1ccc2c(c1)CCC2. The van der Waals surface area contributed by atoms with Crippen LogP contribution in [0.3, 0.4) is 0 Å². The fourth-order valence-corrected chi connectivity index (χ4v) is 4.49. The van der Waals surface area contributed by atoms with Crippen molar-refractivity contribution in [1.82, 2.24) is 4.72 Å². The van der Waals surface area contributed by atoms with Gasteiger partial charge in [0.1, 0.15) is 0 Å². The van der Waals surface area contributed by atoms with Crippen LogP contribution in [0.5, 0.6) is 0 Å². The van der Waals surface area contributed by atoms with Crippen LogP contribution in [-0.4, -0.2) is 20.5 Å². The Morgan fingerprint density at radius 2 is 1.89 bits per heavy atom. The van der Waals surface area contributed by atoms with Gasteiger partial charge in [0.05, 0.1) is 4.90 Å². The fraction of sp³-hybridized carbons (Fsp3) is 0.571. The van der Waals surface area contributed by atoms with Crippen LogP contribution in [0.4, 0.5) is 0 Å². The van der Waals surface area contributed by atoms with E-state index in [4.69, 9.17) is 5.73 Å². The maximum absolute atomic E-state index is 12.4. The number of rotatable bonds is 3. The molecule has 0 heterocycles. The Morgan fingerprint density at radius 1 is 1.11 bits per heavy atom. The van der Waals surface area contributed by atoms with Crippen molar-refractivity contribution in [2.75, 3.05) is 0 Å². The molecule has 2 aliphatic rings. The average molecular weight is 280 g/mol. The summed E-state index contributed by atoms with van der Waals surface area (Å²) < 4.78 is 27.5. The van der Waals surface area contributed by atoms with E-state index in [-0.39, 0.29) is 12.1 Å². The summed E-state index contributed by atoms with van der Waals surface area (Å²) in [5, 5.41) is 0. The van der Waals surface area contributed by atoms with E-state index in [9.17, 15) is 8.42 Å². The molecule has 1 aromatic rings. The van der Waals surface area contributed by atoms with Crippen LogP contribution in [0.1, 0.15) is 36.8 Å². The third-order valence-corrected chi connectivity index (χ3v) is 5.74. The number of hydrogen-bond acceptors (Lipinski definition) is 3. The summed E-state index contributed by atoms with van der Waals surface area (Å²) in [4.78, 5) is 0.382. The van der Waals surface area contributed by atoms with Gasteiger partial charge in [0.2, 0.25) is 10.0 Å². The molecule has 0 radical (unpaired) electrons. The van der Waals surface area contributed by atoms with Crippen molar-refractivity contribution in [3.05, 3.63) is 29.3 Å². The highest BCUT2D eigenvalue weighted by molar-refractivity contribution is 7.89. The molecule has 0 saturated heterocycles. The Balaban J connectivity index is 1.84. The molecule has 0 aromatic heterocycles. The first kappa shape index (κ1) is 13.1. The Hall–Kier alpha value is -0.910. The second-order valence-corrected chi connectivity index (χ2v) is 7.32. The van der Waals surface area contributed by atoms with Gasteiger partial charge in [-0.1, -0.05) is 12.5 Å². The molecule has 0 bridgehead atoms. The minimum absolute atomic E-state index is 0.0517. The lowest BCUT2D eigenvalue weighted by molar-refractivity contribution is 0.522. The van der Waals surface area contributed by atoms with Gasteiger partial charge in [-0.3, -0.25) is 0 Å². The topological polar surface area (TPSA) is 72.2 Å². The minimum atomic E-state index is -3.43. The Kier molecular flexibility index (Phi) is 3.37. The fourth-order valence-electron chi connectivity index (χ4n) is 3.12. The molecule has 1 aromatic carbocycles. The molecule has 3 N–H and O–H groups in total. The van der Waals surface area contributed by atoms with Crippen LogP contribution < -0.4 is 10.5 Å². The molecule has 2 unspecified atom stereocenters. The van der Waals surface area contributed by atoms with Crippen molar-refractivity contribution >= 4 is 10.0 Å². The van der Waals surface area contributed by atoms with Crippen molar-refractivity contribution in [3.63, 3.8) is 0 Å². The monoisotopic (exact) mass is 280 g/mol. The summed E-state index contributed by atoms with van der Waals surface area (Å²) >= 11 is 0. The maximum atomic E-state index is 12.4. The highest BCUT2D eigenvalue weighted by atomic mass is 32.2. The second-order valence-electron chi connectivity index (χ2n) is 5.61. The first-order valence-corrected chi connectivity index (χ1v) is 8.44. The van der Waals surface area contributed by atoms with E-state index in [1.165, 1.54) is 11.1 Å². The third kappa shape index (κ3) is 2.55. The van der Waals surface area contributed by atoms with E-state index >= 15 is 0 Å². The molecular weight excluding hydrogens is 260 g/mol. The maximum Gasteiger partial charge on any atom is 0.240 e. The summed E-state index contributed by atoms with van der Waals surface area (Å²) in [7, 11) is -3.43. The number of hydrogen-bond donors (Lipinski definition) is 2. The van der Waals surface area contributed by atoms with Crippen molar-refractivity contribution in [2.45, 2.75) is 55.5 Å². The predicted octanol–water partition coefficient (Wildman–Crippen LogP) is 1.33. The zero-order chi connectivity index (χ0) is 13.5. The van der Waals surface area contributed by atoms with Crippen molar-refractivity contribution in [2.24, 2.45) is 5.73 Å². The van der Waals surface area contributed by atoms with Crippen molar-refractivity contribution in [1.29, 1.82) is 0 Å². The zero-order valence-corrected chi connectivity index (χ0v) is 11.7. The number of nitrogens with one attached hydrogen (secondary N) is 1. The molecule has 2 atom stereocenters. The number of benzene rings is 1. The van der Waals surface area contributed by atoms with Gasteiger partial charge < -0.3 is 5.73 Å². The summed E-state index contributed by atoms with van der Waals surface area (Å²) in [6.07, 6.45) is 5.92. The Bertz CT molecular complexity index is 583. The van der Waals surface area contributed by atoms with Crippen molar-refractivity contribution in [3.8, 4) is 0 Å². The van der Waals surface area contributed by atoms with Gasteiger partial charge in [0.25, 0.3) is 0 Å². The number of sulfonamides is 1. The van der Waals surface area contributed by atoms with Crippen LogP contribution >= 0.6 is 0 Å². The lowest BCUT2D eigenvalue weighted by Crippen LogP contribution is -2.43. The van der Waals surface area contributed by atoms with Crippen molar-refractivity contribution < 1.29 is 8.42 Å². The molecule has 1 fully saturated rings. The van der Waals surface area contributed by atoms with Gasteiger partial charge in [-0.15, -0.1) is 0 Å². The molecule has 2 aliphatic carbocycles. The van der Waals surface area contributed by atoms with Crippen LogP contribution in [0.15, 0.2) is 23.1 Å². The second kappa shape index (κ2) is 4.89. The molecule has 0 spiro atoms. The smallest absolute Gasteiger partial charge is 0.240 e. The van der Waals surface area contributed by atoms with Crippen LogP contribution in [0.2, 0.25) is 0 Å². The summed E-state index contributed by atoms with van der Waals surface area (Å²) in [6, 6.07) is 5.33. The molecular formula is C14H20N2O2S. The first-order chi connectivity index (χ1) is 9.06. The number of nitrogens with two attached hydrogens (primary N) is 1. The Morgan fingerprint density at radius 3 is 2.63 bits per heavy atom. The molecule has 1 saturated carbocycles. The van der Waals surface area contributed by atoms with Gasteiger partial charge in [0.15, 0.2) is 0 Å². The summed E-state index contributed by atoms with van der Waals surface area (Å²) in [5.74, 6) is 0. The van der Waals surface area contributed by atoms with Gasteiger partial charge in [0, 0.05) is 12.1 Å². The number of aryl methyl sites for hydroxylation is 2. The van der Waals surface area contributed by atoms with Crippen LogP contribution in [0, 0.1) is 0 Å². The molecule has 0 aliphatic heterocycles. The van der Waals surface area contributed by atoms with E-state index in [0.29, 0.717) is 4.90 Å². The standard InChI is InChI=1S/C14H20N2O2S/c15-13-5-2-6-14(13)16-19(17,18)12-8-7-10-3-1-4-11(10)9-12/h7-9,13-14,16H,1-6,15H2. The van der Waals surface area contributed by atoms with Crippen LogP contribution in [-0.2, 0) is 22.9 Å². The lowest BCUT2D eigenvalue weighted by atomic mass is 10.1. The molecule has 5 heteroatoms. The lowest BCUT2D eigenvalue weighted by Gasteiger charge is -2.17. The van der Waals surface area contributed by atoms with Gasteiger partial charge >= 0.3 is 0 Å². The quantitative estimate of drug-likeness (QED) is 0.877. The molecule has 104 valence electrons. The minimum Gasteiger partial charge on any atom is -0.326 e. The highest BCUT2D eigenvalue weighted by Crippen LogP contribution is 2.25. The third-order valence-electron chi connectivity index (χ3n) is 4.26. The normalized spacial score (nSPS) is 26.6. The molecule has 19 heavy (non-hydrogen) atoms. The van der Waals surface area contributed by atoms with E-state index < -0.39 is 10.0 Å². The predicted molar refractivity (Wildman–Crippen MR) is 74.4 cm³/mol. The van der Waals surface area contributed by atoms with E-state index in [1.807, 2.05) is 12.1 Å². The summed E-state index contributed by atoms with van der Waals surface area (Å²) in [6.45, 7) is 0. The Labute approximate surface area is 114 Å². The highest BCUT2D eigenvalue weighted by Gasteiger charge is 2.29. The average Bonchev–Trinajstić information content (AvgIpc) is 2.97.